The summed E-state index contributed by atoms with van der Waals surface area (Å²) < 4.78 is 0. The zero-order chi connectivity index (χ0) is 13.0. The van der Waals surface area contributed by atoms with Crippen molar-refractivity contribution in [3.8, 4) is 0 Å². The fourth-order valence-electron chi connectivity index (χ4n) is 3.38. The number of aliphatic hydroxyl groups excluding tert-OH is 1. The van der Waals surface area contributed by atoms with Gasteiger partial charge in [0.15, 0.2) is 0 Å². The van der Waals surface area contributed by atoms with E-state index in [1.165, 1.54) is 37.7 Å². The van der Waals surface area contributed by atoms with Crippen LogP contribution in [0, 0.1) is 11.8 Å². The van der Waals surface area contributed by atoms with Gasteiger partial charge in [-0.1, -0.05) is 63.4 Å². The van der Waals surface area contributed by atoms with Crippen molar-refractivity contribution in [2.45, 2.75) is 58.0 Å². The van der Waals surface area contributed by atoms with Crippen LogP contribution in [0.25, 0.3) is 0 Å². The molecular weight excluding hydrogens is 220 g/mol. The first kappa shape index (κ1) is 13.6. The predicted octanol–water partition coefficient (Wildman–Crippen LogP) is 4.37. The maximum atomic E-state index is 10.6. The van der Waals surface area contributed by atoms with Crippen LogP contribution in [0.1, 0.15) is 57.4 Å². The second kappa shape index (κ2) is 6.38. The van der Waals surface area contributed by atoms with Gasteiger partial charge in [-0.3, -0.25) is 0 Å². The molecule has 1 aliphatic rings. The molecule has 100 valence electrons. The largest absolute Gasteiger partial charge is 0.392 e. The number of benzene rings is 1. The first-order valence-electron chi connectivity index (χ1n) is 7.45. The third-order valence-electron chi connectivity index (χ3n) is 4.72. The number of aliphatic hydroxyl groups is 1. The van der Waals surface area contributed by atoms with Crippen molar-refractivity contribution in [1.29, 1.82) is 0 Å². The van der Waals surface area contributed by atoms with Gasteiger partial charge < -0.3 is 5.11 Å². The Kier molecular flexibility index (Phi) is 4.82. The maximum Gasteiger partial charge on any atom is 0.0634 e. The lowest BCUT2D eigenvalue weighted by molar-refractivity contribution is 0.0507. The molecule has 1 aromatic rings. The van der Waals surface area contributed by atoms with Crippen LogP contribution in [0.5, 0.6) is 0 Å². The minimum Gasteiger partial charge on any atom is -0.392 e. The molecular formula is C17H26O. The summed E-state index contributed by atoms with van der Waals surface area (Å²) in [5.41, 5.74) is 1.27. The van der Waals surface area contributed by atoms with Crippen molar-refractivity contribution in [2.24, 2.45) is 11.8 Å². The van der Waals surface area contributed by atoms with Gasteiger partial charge >= 0.3 is 0 Å². The summed E-state index contributed by atoms with van der Waals surface area (Å²) in [5.74, 6) is 1.59. The van der Waals surface area contributed by atoms with Gasteiger partial charge in [0.05, 0.1) is 6.10 Å². The van der Waals surface area contributed by atoms with Crippen molar-refractivity contribution >= 4 is 0 Å². The summed E-state index contributed by atoms with van der Waals surface area (Å²) in [6, 6.07) is 10.4. The Hall–Kier alpha value is -0.820. The van der Waals surface area contributed by atoms with Gasteiger partial charge in [0.25, 0.3) is 0 Å². The Bertz CT molecular complexity index is 346. The van der Waals surface area contributed by atoms with Gasteiger partial charge in [0, 0.05) is 5.92 Å². The van der Waals surface area contributed by atoms with E-state index in [1.54, 1.807) is 0 Å². The van der Waals surface area contributed by atoms with Crippen LogP contribution in [-0.4, -0.2) is 11.2 Å². The summed E-state index contributed by atoms with van der Waals surface area (Å²) in [7, 11) is 0. The van der Waals surface area contributed by atoms with Crippen LogP contribution in [0.2, 0.25) is 0 Å². The zero-order valence-electron chi connectivity index (χ0n) is 11.7. The summed E-state index contributed by atoms with van der Waals surface area (Å²) in [5, 5.41) is 10.6. The number of hydrogen-bond acceptors (Lipinski definition) is 1. The van der Waals surface area contributed by atoms with Crippen LogP contribution in [0.3, 0.4) is 0 Å². The van der Waals surface area contributed by atoms with E-state index in [0.717, 1.165) is 5.92 Å². The van der Waals surface area contributed by atoms with E-state index in [-0.39, 0.29) is 12.0 Å². The molecule has 1 aliphatic carbocycles. The van der Waals surface area contributed by atoms with E-state index in [1.807, 2.05) is 6.07 Å². The van der Waals surface area contributed by atoms with Gasteiger partial charge in [-0.15, -0.1) is 0 Å². The van der Waals surface area contributed by atoms with E-state index in [4.69, 9.17) is 0 Å². The molecule has 2 rings (SSSR count). The highest BCUT2D eigenvalue weighted by molar-refractivity contribution is 5.20. The second-order valence-corrected chi connectivity index (χ2v) is 5.89. The van der Waals surface area contributed by atoms with Crippen LogP contribution in [0.4, 0.5) is 0 Å². The van der Waals surface area contributed by atoms with E-state index >= 15 is 0 Å². The summed E-state index contributed by atoms with van der Waals surface area (Å²) in [4.78, 5) is 0. The molecule has 0 saturated heterocycles. The van der Waals surface area contributed by atoms with Crippen molar-refractivity contribution in [3.63, 3.8) is 0 Å². The average Bonchev–Trinajstić information content (AvgIpc) is 2.46. The molecule has 4 unspecified atom stereocenters. The Morgan fingerprint density at radius 1 is 1.22 bits per heavy atom. The molecule has 0 radical (unpaired) electrons. The molecule has 0 bridgehead atoms. The molecule has 0 aromatic heterocycles. The van der Waals surface area contributed by atoms with Crippen molar-refractivity contribution in [3.05, 3.63) is 35.9 Å². The smallest absolute Gasteiger partial charge is 0.0634 e. The first-order chi connectivity index (χ1) is 8.72. The average molecular weight is 246 g/mol. The fourth-order valence-corrected chi connectivity index (χ4v) is 3.38. The topological polar surface area (TPSA) is 20.2 Å². The summed E-state index contributed by atoms with van der Waals surface area (Å²) >= 11 is 0. The zero-order valence-corrected chi connectivity index (χ0v) is 11.7. The molecule has 4 atom stereocenters. The van der Waals surface area contributed by atoms with Crippen molar-refractivity contribution in [1.82, 2.24) is 0 Å². The Balaban J connectivity index is 2.00. The number of rotatable bonds is 4. The lowest BCUT2D eigenvalue weighted by Crippen LogP contribution is -2.30. The Morgan fingerprint density at radius 3 is 2.61 bits per heavy atom. The van der Waals surface area contributed by atoms with E-state index in [9.17, 15) is 5.11 Å². The fraction of sp³-hybridized carbons (Fsp3) is 0.647. The molecule has 1 fully saturated rings. The van der Waals surface area contributed by atoms with Gasteiger partial charge in [-0.05, 0) is 30.2 Å². The third-order valence-corrected chi connectivity index (χ3v) is 4.72. The molecule has 1 saturated carbocycles. The van der Waals surface area contributed by atoms with Crippen molar-refractivity contribution in [2.75, 3.05) is 0 Å². The molecule has 0 spiro atoms. The van der Waals surface area contributed by atoms with Crippen LogP contribution >= 0.6 is 0 Å². The third kappa shape index (κ3) is 3.14. The van der Waals surface area contributed by atoms with Crippen LogP contribution in [0.15, 0.2) is 30.3 Å². The lowest BCUT2D eigenvalue weighted by atomic mass is 9.74. The highest BCUT2D eigenvalue weighted by atomic mass is 16.3. The first-order valence-corrected chi connectivity index (χ1v) is 7.45. The second-order valence-electron chi connectivity index (χ2n) is 5.89. The quantitative estimate of drug-likeness (QED) is 0.836. The van der Waals surface area contributed by atoms with Crippen LogP contribution < -0.4 is 0 Å². The minimum atomic E-state index is -0.179. The highest BCUT2D eigenvalue weighted by Gasteiger charge is 2.30. The highest BCUT2D eigenvalue weighted by Crippen LogP contribution is 2.37. The molecule has 1 N–H and O–H groups in total. The Morgan fingerprint density at radius 2 is 1.94 bits per heavy atom. The number of hydrogen-bond donors (Lipinski definition) is 1. The normalized spacial score (nSPS) is 27.7. The molecule has 0 amide bonds. The summed E-state index contributed by atoms with van der Waals surface area (Å²) in [6.07, 6.45) is 6.16. The minimum absolute atomic E-state index is 0.179. The lowest BCUT2D eigenvalue weighted by Gasteiger charge is -2.34. The molecule has 0 aliphatic heterocycles. The predicted molar refractivity (Wildman–Crippen MR) is 76.6 cm³/mol. The van der Waals surface area contributed by atoms with Gasteiger partial charge in [0.1, 0.15) is 0 Å². The monoisotopic (exact) mass is 246 g/mol. The maximum absolute atomic E-state index is 10.6. The molecule has 0 heterocycles. The van der Waals surface area contributed by atoms with E-state index in [2.05, 4.69) is 38.1 Å². The molecule has 1 heteroatoms. The van der Waals surface area contributed by atoms with Crippen LogP contribution in [-0.2, 0) is 0 Å². The van der Waals surface area contributed by atoms with E-state index in [0.29, 0.717) is 5.92 Å². The van der Waals surface area contributed by atoms with E-state index < -0.39 is 0 Å². The SMILES string of the molecule is CCC1CCCC(C(O)C(C)c2ccccc2)C1. The summed E-state index contributed by atoms with van der Waals surface area (Å²) in [6.45, 7) is 4.44. The van der Waals surface area contributed by atoms with Gasteiger partial charge in [0.2, 0.25) is 0 Å². The van der Waals surface area contributed by atoms with Crippen molar-refractivity contribution < 1.29 is 5.11 Å². The Labute approximate surface area is 111 Å². The standard InChI is InChI=1S/C17H26O/c1-3-14-8-7-11-16(12-14)17(18)13(2)15-9-5-4-6-10-15/h4-6,9-10,13-14,16-18H,3,7-8,11-12H2,1-2H3. The molecule has 18 heavy (non-hydrogen) atoms. The molecule has 1 aromatic carbocycles. The van der Waals surface area contributed by atoms with Gasteiger partial charge in [-0.25, -0.2) is 0 Å². The van der Waals surface area contributed by atoms with Gasteiger partial charge in [-0.2, -0.15) is 0 Å². The molecule has 1 nitrogen and oxygen atoms in total.